The van der Waals surface area contributed by atoms with Gasteiger partial charge in [-0.15, -0.1) is 11.3 Å². The number of halogens is 1. The van der Waals surface area contributed by atoms with E-state index in [-0.39, 0.29) is 0 Å². The predicted octanol–water partition coefficient (Wildman–Crippen LogP) is 5.90. The largest absolute Gasteiger partial charge is 0.334 e. The summed E-state index contributed by atoms with van der Waals surface area (Å²) >= 11 is 5.32. The summed E-state index contributed by atoms with van der Waals surface area (Å²) in [6.07, 6.45) is 8.87. The highest BCUT2D eigenvalue weighted by molar-refractivity contribution is 9.10. The van der Waals surface area contributed by atoms with E-state index in [2.05, 4.69) is 38.0 Å². The first kappa shape index (κ1) is 16.0. The van der Waals surface area contributed by atoms with Crippen molar-refractivity contribution in [2.45, 2.75) is 25.7 Å². The van der Waals surface area contributed by atoms with Gasteiger partial charge in [-0.05, 0) is 67.6 Å². The lowest BCUT2D eigenvalue weighted by Gasteiger charge is -2.11. The van der Waals surface area contributed by atoms with Gasteiger partial charge in [-0.2, -0.15) is 4.98 Å². The topological polar surface area (TPSA) is 43.9 Å². The molecule has 0 aliphatic heterocycles. The van der Waals surface area contributed by atoms with Crippen LogP contribution in [0.3, 0.4) is 0 Å². The number of nitrogens with zero attached hydrogens (tertiary/aromatic N) is 3. The van der Waals surface area contributed by atoms with Gasteiger partial charge in [-0.25, -0.2) is 0 Å². The van der Waals surface area contributed by atoms with E-state index in [1.807, 2.05) is 47.7 Å². The van der Waals surface area contributed by atoms with Crippen LogP contribution in [0.25, 0.3) is 27.8 Å². The fourth-order valence-electron chi connectivity index (χ4n) is 3.47. The van der Waals surface area contributed by atoms with E-state index in [4.69, 9.17) is 9.51 Å². The molecular formula is C20H16BrN3OS. The van der Waals surface area contributed by atoms with Gasteiger partial charge in [0.2, 0.25) is 5.82 Å². The van der Waals surface area contributed by atoms with Crippen molar-refractivity contribution in [3.05, 3.63) is 63.7 Å². The van der Waals surface area contributed by atoms with Gasteiger partial charge in [0.1, 0.15) is 5.00 Å². The maximum absolute atomic E-state index is 5.60. The van der Waals surface area contributed by atoms with Crippen molar-refractivity contribution in [3.8, 4) is 27.8 Å². The summed E-state index contributed by atoms with van der Waals surface area (Å²) in [5.41, 5.74) is 3.46. The van der Waals surface area contributed by atoms with E-state index in [1.165, 1.54) is 28.3 Å². The molecule has 0 N–H and O–H groups in total. The second-order valence-corrected chi connectivity index (χ2v) is 8.41. The van der Waals surface area contributed by atoms with Crippen LogP contribution in [0.1, 0.15) is 23.3 Å². The van der Waals surface area contributed by atoms with Crippen molar-refractivity contribution in [1.82, 2.24) is 14.7 Å². The first-order valence-electron chi connectivity index (χ1n) is 8.67. The number of aryl methyl sites for hydroxylation is 1. The Morgan fingerprint density at radius 1 is 1.04 bits per heavy atom. The zero-order valence-electron chi connectivity index (χ0n) is 14.0. The number of fused-ring (bicyclic) bond motifs is 1. The molecule has 0 saturated carbocycles. The average Bonchev–Trinajstić information content (AvgIpc) is 3.40. The zero-order chi connectivity index (χ0) is 17.5. The first-order valence-corrected chi connectivity index (χ1v) is 10.3. The van der Waals surface area contributed by atoms with Crippen LogP contribution in [0.15, 0.2) is 57.8 Å². The van der Waals surface area contributed by atoms with Crippen molar-refractivity contribution in [2.24, 2.45) is 0 Å². The van der Waals surface area contributed by atoms with Crippen molar-refractivity contribution in [1.29, 1.82) is 0 Å². The molecule has 1 aliphatic carbocycles. The number of hydrogen-bond acceptors (Lipinski definition) is 4. The fraction of sp³-hybridized carbons (Fsp3) is 0.200. The molecule has 26 heavy (non-hydrogen) atoms. The molecule has 130 valence electrons. The Morgan fingerprint density at radius 2 is 1.81 bits per heavy atom. The van der Waals surface area contributed by atoms with Crippen LogP contribution in [0.5, 0.6) is 0 Å². The highest BCUT2D eigenvalue weighted by Gasteiger charge is 2.26. The average molecular weight is 426 g/mol. The third-order valence-electron chi connectivity index (χ3n) is 4.73. The smallest absolute Gasteiger partial charge is 0.258 e. The van der Waals surface area contributed by atoms with E-state index in [9.17, 15) is 0 Å². The molecule has 6 heteroatoms. The van der Waals surface area contributed by atoms with Gasteiger partial charge in [0.05, 0.1) is 5.56 Å². The fourth-order valence-corrected chi connectivity index (χ4v) is 5.08. The zero-order valence-corrected chi connectivity index (χ0v) is 16.4. The Morgan fingerprint density at radius 3 is 2.62 bits per heavy atom. The van der Waals surface area contributed by atoms with Crippen LogP contribution in [0, 0.1) is 0 Å². The Bertz CT molecular complexity index is 1050. The lowest BCUT2D eigenvalue weighted by Crippen LogP contribution is -2.00. The van der Waals surface area contributed by atoms with E-state index in [0.717, 1.165) is 28.4 Å². The van der Waals surface area contributed by atoms with Crippen LogP contribution < -0.4 is 0 Å². The number of benzene rings is 1. The quantitative estimate of drug-likeness (QED) is 0.410. The molecule has 3 heterocycles. The lowest BCUT2D eigenvalue weighted by molar-refractivity contribution is 0.432. The second-order valence-electron chi connectivity index (χ2n) is 6.41. The summed E-state index contributed by atoms with van der Waals surface area (Å²) in [5.74, 6) is 1.24. The van der Waals surface area contributed by atoms with Gasteiger partial charge in [0, 0.05) is 27.3 Å². The van der Waals surface area contributed by atoms with Gasteiger partial charge in [0.15, 0.2) is 0 Å². The summed E-state index contributed by atoms with van der Waals surface area (Å²) in [4.78, 5) is 6.19. The van der Waals surface area contributed by atoms with Crippen molar-refractivity contribution in [3.63, 3.8) is 0 Å². The lowest BCUT2D eigenvalue weighted by atomic mass is 9.95. The molecule has 3 aromatic heterocycles. The Balaban J connectivity index is 1.64. The summed E-state index contributed by atoms with van der Waals surface area (Å²) in [5, 5.41) is 5.52. The number of aromatic nitrogens is 3. The molecule has 0 saturated heterocycles. The van der Waals surface area contributed by atoms with Crippen molar-refractivity contribution < 1.29 is 4.52 Å². The third kappa shape index (κ3) is 2.73. The summed E-state index contributed by atoms with van der Waals surface area (Å²) < 4.78 is 8.79. The van der Waals surface area contributed by atoms with E-state index in [0.29, 0.717) is 11.7 Å². The maximum Gasteiger partial charge on any atom is 0.258 e. The van der Waals surface area contributed by atoms with Crippen molar-refractivity contribution in [2.75, 3.05) is 0 Å². The van der Waals surface area contributed by atoms with Crippen LogP contribution >= 0.6 is 27.3 Å². The molecular weight excluding hydrogens is 410 g/mol. The molecule has 0 bridgehead atoms. The van der Waals surface area contributed by atoms with Crippen LogP contribution in [-0.2, 0) is 12.8 Å². The third-order valence-corrected chi connectivity index (χ3v) is 6.57. The molecule has 1 aliphatic rings. The molecule has 0 unspecified atom stereocenters. The van der Waals surface area contributed by atoms with Gasteiger partial charge in [0.25, 0.3) is 5.89 Å². The van der Waals surface area contributed by atoms with Crippen molar-refractivity contribution >= 4 is 27.3 Å². The molecule has 4 aromatic rings. The summed E-state index contributed by atoms with van der Waals surface area (Å²) in [6, 6.07) is 12.0. The molecule has 0 amide bonds. The molecule has 0 fully saturated rings. The monoisotopic (exact) mass is 425 g/mol. The van der Waals surface area contributed by atoms with Crippen LogP contribution in [0.4, 0.5) is 0 Å². The molecule has 5 rings (SSSR count). The molecule has 0 radical (unpaired) electrons. The molecule has 0 atom stereocenters. The predicted molar refractivity (Wildman–Crippen MR) is 107 cm³/mol. The highest BCUT2D eigenvalue weighted by Crippen LogP contribution is 2.42. The normalized spacial score (nSPS) is 13.7. The second kappa shape index (κ2) is 6.52. The minimum Gasteiger partial charge on any atom is -0.334 e. The molecule has 1 aromatic carbocycles. The standard InChI is InChI=1S/C20H16BrN3OS/c21-14-9-7-13(8-10-14)19-22-18(23-25-19)17-15-5-1-2-6-16(15)26-20(17)24-11-3-4-12-24/h3-4,7-12H,1-2,5-6H2. The van der Waals surface area contributed by atoms with E-state index < -0.39 is 0 Å². The van der Waals surface area contributed by atoms with Crippen LogP contribution in [-0.4, -0.2) is 14.7 Å². The van der Waals surface area contributed by atoms with Gasteiger partial charge >= 0.3 is 0 Å². The van der Waals surface area contributed by atoms with Gasteiger partial charge < -0.3 is 9.09 Å². The maximum atomic E-state index is 5.60. The van der Waals surface area contributed by atoms with Gasteiger partial charge in [-0.3, -0.25) is 0 Å². The van der Waals surface area contributed by atoms with E-state index >= 15 is 0 Å². The Hall–Kier alpha value is -2.18. The summed E-state index contributed by atoms with van der Waals surface area (Å²) in [7, 11) is 0. The van der Waals surface area contributed by atoms with Crippen LogP contribution in [0.2, 0.25) is 0 Å². The minimum absolute atomic E-state index is 0.557. The Kier molecular flexibility index (Phi) is 4.02. The number of thiophene rings is 1. The molecule has 0 spiro atoms. The summed E-state index contributed by atoms with van der Waals surface area (Å²) in [6.45, 7) is 0. The van der Waals surface area contributed by atoms with E-state index in [1.54, 1.807) is 0 Å². The van der Waals surface area contributed by atoms with Gasteiger partial charge in [-0.1, -0.05) is 21.1 Å². The number of hydrogen-bond donors (Lipinski definition) is 0. The minimum atomic E-state index is 0.557. The highest BCUT2D eigenvalue weighted by atomic mass is 79.9. The molecule has 4 nitrogen and oxygen atoms in total. The SMILES string of the molecule is Brc1ccc(-c2nc(-c3c(-n4cccc4)sc4c3CCCC4)no2)cc1. The first-order chi connectivity index (χ1) is 12.8. The Labute approximate surface area is 163 Å². The number of rotatable bonds is 3.